The summed E-state index contributed by atoms with van der Waals surface area (Å²) < 4.78 is 21.7. The van der Waals surface area contributed by atoms with Crippen molar-refractivity contribution < 1.29 is 18.6 Å². The van der Waals surface area contributed by atoms with Gasteiger partial charge < -0.3 is 23.9 Å². The molecule has 0 saturated heterocycles. The molecule has 0 aliphatic carbocycles. The minimum Gasteiger partial charge on any atom is -0.493 e. The number of rotatable bonds is 6. The van der Waals surface area contributed by atoms with E-state index in [2.05, 4.69) is 12.2 Å². The molecule has 19 heavy (non-hydrogen) atoms. The van der Waals surface area contributed by atoms with E-state index >= 15 is 0 Å². The molecular weight excluding hydrogens is 246 g/mol. The maximum Gasteiger partial charge on any atom is 0.204 e. The van der Waals surface area contributed by atoms with Crippen molar-refractivity contribution in [2.24, 2.45) is 0 Å². The van der Waals surface area contributed by atoms with Crippen molar-refractivity contribution in [3.05, 3.63) is 17.9 Å². The molecule has 0 saturated carbocycles. The molecule has 0 spiro atoms. The smallest absolute Gasteiger partial charge is 0.204 e. The predicted molar refractivity (Wildman–Crippen MR) is 73.3 cm³/mol. The fourth-order valence-corrected chi connectivity index (χ4v) is 2.11. The summed E-state index contributed by atoms with van der Waals surface area (Å²) in [6, 6.07) is 1.81. The van der Waals surface area contributed by atoms with E-state index in [1.807, 2.05) is 6.07 Å². The van der Waals surface area contributed by atoms with Crippen molar-refractivity contribution in [2.45, 2.75) is 13.5 Å². The molecule has 0 unspecified atom stereocenters. The first kappa shape index (κ1) is 13.5. The van der Waals surface area contributed by atoms with Gasteiger partial charge in [-0.25, -0.2) is 0 Å². The van der Waals surface area contributed by atoms with Gasteiger partial charge in [0.2, 0.25) is 5.75 Å². The van der Waals surface area contributed by atoms with Crippen LogP contribution in [-0.4, -0.2) is 27.9 Å². The molecule has 1 N–H and O–H groups in total. The molecular formula is C14H19NO4. The molecule has 0 bridgehead atoms. The summed E-state index contributed by atoms with van der Waals surface area (Å²) in [6.45, 7) is 3.67. The third-order valence-corrected chi connectivity index (χ3v) is 3.01. The van der Waals surface area contributed by atoms with Gasteiger partial charge in [0.25, 0.3) is 0 Å². The van der Waals surface area contributed by atoms with Gasteiger partial charge >= 0.3 is 0 Å². The second-order valence-electron chi connectivity index (χ2n) is 4.06. The highest BCUT2D eigenvalue weighted by Crippen LogP contribution is 2.45. The average molecular weight is 265 g/mol. The molecule has 0 fully saturated rings. The van der Waals surface area contributed by atoms with E-state index in [0.29, 0.717) is 17.2 Å². The van der Waals surface area contributed by atoms with Crippen LogP contribution in [0.3, 0.4) is 0 Å². The maximum absolute atomic E-state index is 5.58. The fraction of sp³-hybridized carbons (Fsp3) is 0.429. The minimum atomic E-state index is 0.580. The van der Waals surface area contributed by atoms with Crippen LogP contribution in [0.25, 0.3) is 11.0 Å². The van der Waals surface area contributed by atoms with Crippen LogP contribution in [0.4, 0.5) is 0 Å². The standard InChI is InChI=1S/C14H19NO4/c1-5-15-7-9-8-19-10-6-11(16-2)13(17-3)14(18-4)12(9)10/h6,8,15H,5,7H2,1-4H3. The van der Waals surface area contributed by atoms with E-state index in [1.165, 1.54) is 0 Å². The number of nitrogens with one attached hydrogen (secondary N) is 1. The molecule has 0 radical (unpaired) electrons. The van der Waals surface area contributed by atoms with E-state index < -0.39 is 0 Å². The summed E-state index contributed by atoms with van der Waals surface area (Å²) in [5.41, 5.74) is 1.76. The zero-order valence-electron chi connectivity index (χ0n) is 11.7. The fourth-order valence-electron chi connectivity index (χ4n) is 2.11. The number of hydrogen-bond acceptors (Lipinski definition) is 5. The summed E-state index contributed by atoms with van der Waals surface area (Å²) in [4.78, 5) is 0. The molecule has 0 aliphatic rings. The van der Waals surface area contributed by atoms with Crippen molar-refractivity contribution in [1.82, 2.24) is 5.32 Å². The van der Waals surface area contributed by atoms with Crippen molar-refractivity contribution in [1.29, 1.82) is 0 Å². The second-order valence-corrected chi connectivity index (χ2v) is 4.06. The number of methoxy groups -OCH3 is 3. The first-order valence-corrected chi connectivity index (χ1v) is 6.16. The summed E-state index contributed by atoms with van der Waals surface area (Å²) in [5.74, 6) is 1.81. The molecule has 5 heteroatoms. The molecule has 1 aromatic carbocycles. The van der Waals surface area contributed by atoms with Crippen molar-refractivity contribution in [3.63, 3.8) is 0 Å². The van der Waals surface area contributed by atoms with Gasteiger partial charge in [-0.15, -0.1) is 0 Å². The van der Waals surface area contributed by atoms with Gasteiger partial charge in [-0.1, -0.05) is 6.92 Å². The molecule has 1 heterocycles. The Balaban J connectivity index is 2.64. The molecule has 0 atom stereocenters. The normalized spacial score (nSPS) is 10.7. The molecule has 104 valence electrons. The average Bonchev–Trinajstić information content (AvgIpc) is 2.85. The summed E-state index contributed by atoms with van der Waals surface area (Å²) >= 11 is 0. The molecule has 1 aromatic heterocycles. The van der Waals surface area contributed by atoms with Gasteiger partial charge in [-0.3, -0.25) is 0 Å². The quantitative estimate of drug-likeness (QED) is 0.870. The Morgan fingerprint density at radius 2 is 1.84 bits per heavy atom. The van der Waals surface area contributed by atoms with Crippen molar-refractivity contribution in [3.8, 4) is 17.2 Å². The highest BCUT2D eigenvalue weighted by Gasteiger charge is 2.20. The summed E-state index contributed by atoms with van der Waals surface area (Å²) in [5, 5.41) is 4.19. The Bertz CT molecular complexity index is 562. The predicted octanol–water partition coefficient (Wildman–Crippen LogP) is 2.57. The van der Waals surface area contributed by atoms with E-state index in [-0.39, 0.29) is 0 Å². The number of hydrogen-bond donors (Lipinski definition) is 1. The SMILES string of the molecule is CCNCc1coc2cc(OC)c(OC)c(OC)c12. The molecule has 2 rings (SSSR count). The lowest BCUT2D eigenvalue weighted by atomic mass is 10.1. The Labute approximate surface area is 112 Å². The lowest BCUT2D eigenvalue weighted by Gasteiger charge is -2.13. The van der Waals surface area contributed by atoms with Gasteiger partial charge in [0.15, 0.2) is 11.5 Å². The molecule has 5 nitrogen and oxygen atoms in total. The van der Waals surface area contributed by atoms with Gasteiger partial charge in [0.1, 0.15) is 5.58 Å². The highest BCUT2D eigenvalue weighted by atomic mass is 16.5. The van der Waals surface area contributed by atoms with Gasteiger partial charge in [0, 0.05) is 18.2 Å². The highest BCUT2D eigenvalue weighted by molar-refractivity contribution is 5.92. The van der Waals surface area contributed by atoms with Crippen LogP contribution < -0.4 is 19.5 Å². The third kappa shape index (κ3) is 2.33. The van der Waals surface area contributed by atoms with Crippen LogP contribution >= 0.6 is 0 Å². The van der Waals surface area contributed by atoms with E-state index in [0.717, 1.165) is 29.6 Å². The topological polar surface area (TPSA) is 52.9 Å². The zero-order valence-corrected chi connectivity index (χ0v) is 11.7. The number of fused-ring (bicyclic) bond motifs is 1. The zero-order chi connectivity index (χ0) is 13.8. The summed E-state index contributed by atoms with van der Waals surface area (Å²) in [6.07, 6.45) is 1.73. The Morgan fingerprint density at radius 3 is 2.42 bits per heavy atom. The van der Waals surface area contributed by atoms with Gasteiger partial charge in [-0.2, -0.15) is 0 Å². The van der Waals surface area contributed by atoms with Crippen LogP contribution in [0, 0.1) is 0 Å². The monoisotopic (exact) mass is 265 g/mol. The van der Waals surface area contributed by atoms with E-state index in [4.69, 9.17) is 18.6 Å². The Hall–Kier alpha value is -1.88. The first-order valence-electron chi connectivity index (χ1n) is 6.16. The minimum absolute atomic E-state index is 0.580. The summed E-state index contributed by atoms with van der Waals surface area (Å²) in [7, 11) is 4.79. The van der Waals surface area contributed by atoms with Crippen LogP contribution in [-0.2, 0) is 6.54 Å². The third-order valence-electron chi connectivity index (χ3n) is 3.01. The molecule has 2 aromatic rings. The lowest BCUT2D eigenvalue weighted by Crippen LogP contribution is -2.11. The lowest BCUT2D eigenvalue weighted by molar-refractivity contribution is 0.326. The van der Waals surface area contributed by atoms with Crippen molar-refractivity contribution >= 4 is 11.0 Å². The molecule has 0 amide bonds. The Kier molecular flexibility index (Phi) is 4.16. The second kappa shape index (κ2) is 5.84. The van der Waals surface area contributed by atoms with E-state index in [1.54, 1.807) is 27.6 Å². The van der Waals surface area contributed by atoms with E-state index in [9.17, 15) is 0 Å². The number of furan rings is 1. The first-order chi connectivity index (χ1) is 9.26. The van der Waals surface area contributed by atoms with Crippen LogP contribution in [0.2, 0.25) is 0 Å². The van der Waals surface area contributed by atoms with Crippen LogP contribution in [0.15, 0.2) is 16.7 Å². The van der Waals surface area contributed by atoms with Crippen molar-refractivity contribution in [2.75, 3.05) is 27.9 Å². The number of ether oxygens (including phenoxy) is 3. The Morgan fingerprint density at radius 1 is 1.11 bits per heavy atom. The van der Waals surface area contributed by atoms with Gasteiger partial charge in [0.05, 0.1) is 33.0 Å². The van der Waals surface area contributed by atoms with Gasteiger partial charge in [-0.05, 0) is 6.54 Å². The maximum atomic E-state index is 5.58. The van der Waals surface area contributed by atoms with Crippen LogP contribution in [0.5, 0.6) is 17.2 Å². The van der Waals surface area contributed by atoms with Crippen LogP contribution in [0.1, 0.15) is 12.5 Å². The molecule has 0 aliphatic heterocycles. The largest absolute Gasteiger partial charge is 0.493 e. The number of benzene rings is 1.